The number of amides is 2. The predicted molar refractivity (Wildman–Crippen MR) is 85.5 cm³/mol. The van der Waals surface area contributed by atoms with Gasteiger partial charge < -0.3 is 15.2 Å². The van der Waals surface area contributed by atoms with Gasteiger partial charge in [-0.3, -0.25) is 4.68 Å². The van der Waals surface area contributed by atoms with Crippen LogP contribution in [0, 0.1) is 5.41 Å². The van der Waals surface area contributed by atoms with Crippen LogP contribution in [0.4, 0.5) is 10.5 Å². The van der Waals surface area contributed by atoms with E-state index in [2.05, 4.69) is 41.5 Å². The Morgan fingerprint density at radius 3 is 2.73 bits per heavy atom. The Bertz CT molecular complexity index is 596. The van der Waals surface area contributed by atoms with E-state index in [0.29, 0.717) is 12.2 Å². The molecular formula is C15H24N6O. The lowest BCUT2D eigenvalue weighted by Gasteiger charge is -2.31. The summed E-state index contributed by atoms with van der Waals surface area (Å²) in [7, 11) is 0. The van der Waals surface area contributed by atoms with E-state index in [0.717, 1.165) is 6.54 Å². The molecule has 1 unspecified atom stereocenters. The fraction of sp³-hybridized carbons (Fsp3) is 0.533. The van der Waals surface area contributed by atoms with Gasteiger partial charge in [-0.2, -0.15) is 5.10 Å². The summed E-state index contributed by atoms with van der Waals surface area (Å²) < 4.78 is 3.73. The molecule has 2 aromatic rings. The normalized spacial score (nSPS) is 12.9. The molecule has 7 nitrogen and oxygen atoms in total. The lowest BCUT2D eigenvalue weighted by atomic mass is 9.86. The van der Waals surface area contributed by atoms with Crippen LogP contribution in [0.25, 0.3) is 0 Å². The largest absolute Gasteiger partial charge is 0.335 e. The molecule has 0 aliphatic heterocycles. The van der Waals surface area contributed by atoms with Gasteiger partial charge in [-0.1, -0.05) is 20.8 Å². The van der Waals surface area contributed by atoms with E-state index in [1.165, 1.54) is 0 Å². The van der Waals surface area contributed by atoms with E-state index >= 15 is 0 Å². The zero-order chi connectivity index (χ0) is 16.2. The van der Waals surface area contributed by atoms with Gasteiger partial charge in [0, 0.05) is 31.7 Å². The second kappa shape index (κ2) is 6.64. The van der Waals surface area contributed by atoms with E-state index < -0.39 is 0 Å². The van der Waals surface area contributed by atoms with Crippen LogP contribution in [0.2, 0.25) is 0 Å². The Hall–Kier alpha value is -2.31. The Kier molecular flexibility index (Phi) is 4.85. The molecule has 22 heavy (non-hydrogen) atoms. The smallest absolute Gasteiger partial charge is 0.319 e. The van der Waals surface area contributed by atoms with Crippen molar-refractivity contribution in [2.75, 3.05) is 5.32 Å². The highest BCUT2D eigenvalue weighted by Crippen LogP contribution is 2.21. The molecule has 2 rings (SSSR count). The first-order chi connectivity index (χ1) is 10.4. The highest BCUT2D eigenvalue weighted by molar-refractivity contribution is 5.89. The van der Waals surface area contributed by atoms with Gasteiger partial charge in [0.1, 0.15) is 0 Å². The van der Waals surface area contributed by atoms with Crippen LogP contribution < -0.4 is 10.6 Å². The molecule has 7 heteroatoms. The number of nitrogens with one attached hydrogen (secondary N) is 2. The number of carbonyl (C=O) groups excluding carboxylic acids is 1. The quantitative estimate of drug-likeness (QED) is 0.890. The van der Waals surface area contributed by atoms with Gasteiger partial charge >= 0.3 is 6.03 Å². The molecule has 2 heterocycles. The van der Waals surface area contributed by atoms with Crippen LogP contribution in [0.5, 0.6) is 0 Å². The zero-order valence-electron chi connectivity index (χ0n) is 13.6. The standard InChI is InChI=1S/C15H24N6O/c1-5-21-9-12(8-17-21)18-14(22)19-13(15(2,3)4)10-20-7-6-16-11-20/h6-9,11,13H,5,10H2,1-4H3,(H2,18,19,22). The Morgan fingerprint density at radius 1 is 1.41 bits per heavy atom. The van der Waals surface area contributed by atoms with Crippen LogP contribution in [-0.2, 0) is 13.1 Å². The number of aromatic nitrogens is 4. The molecule has 2 N–H and O–H groups in total. The molecule has 0 spiro atoms. The summed E-state index contributed by atoms with van der Waals surface area (Å²) in [5.74, 6) is 0. The van der Waals surface area contributed by atoms with E-state index in [1.807, 2.05) is 23.9 Å². The van der Waals surface area contributed by atoms with Crippen molar-refractivity contribution < 1.29 is 4.79 Å². The zero-order valence-corrected chi connectivity index (χ0v) is 13.6. The third kappa shape index (κ3) is 4.34. The van der Waals surface area contributed by atoms with Gasteiger partial charge in [0.2, 0.25) is 0 Å². The van der Waals surface area contributed by atoms with Crippen molar-refractivity contribution in [2.24, 2.45) is 5.41 Å². The highest BCUT2D eigenvalue weighted by atomic mass is 16.2. The molecule has 0 radical (unpaired) electrons. The molecule has 0 saturated heterocycles. The molecule has 1 atom stereocenters. The molecule has 0 saturated carbocycles. The van der Waals surface area contributed by atoms with Crippen LogP contribution in [0.15, 0.2) is 31.1 Å². The number of hydrogen-bond acceptors (Lipinski definition) is 3. The van der Waals surface area contributed by atoms with Crippen molar-refractivity contribution in [3.63, 3.8) is 0 Å². The van der Waals surface area contributed by atoms with E-state index in [1.54, 1.807) is 23.4 Å². The Balaban J connectivity index is 1.98. The maximum atomic E-state index is 12.2. The minimum absolute atomic E-state index is 0.0251. The number of hydrogen-bond donors (Lipinski definition) is 2. The van der Waals surface area contributed by atoms with Crippen LogP contribution in [-0.4, -0.2) is 31.4 Å². The van der Waals surface area contributed by atoms with Crippen LogP contribution >= 0.6 is 0 Å². The summed E-state index contributed by atoms with van der Waals surface area (Å²) in [4.78, 5) is 16.3. The van der Waals surface area contributed by atoms with Gasteiger partial charge in [-0.15, -0.1) is 0 Å². The Labute approximate surface area is 130 Å². The summed E-state index contributed by atoms with van der Waals surface area (Å²) >= 11 is 0. The van der Waals surface area contributed by atoms with Crippen LogP contribution in [0.3, 0.4) is 0 Å². The van der Waals surface area contributed by atoms with E-state index in [-0.39, 0.29) is 17.5 Å². The van der Waals surface area contributed by atoms with Gasteiger partial charge in [0.05, 0.1) is 24.3 Å². The summed E-state index contributed by atoms with van der Waals surface area (Å²) in [6.07, 6.45) is 8.83. The average molecular weight is 304 g/mol. The fourth-order valence-electron chi connectivity index (χ4n) is 2.07. The molecule has 0 aliphatic rings. The van der Waals surface area contributed by atoms with Crippen LogP contribution in [0.1, 0.15) is 27.7 Å². The number of aryl methyl sites for hydroxylation is 1. The molecule has 0 aliphatic carbocycles. The minimum Gasteiger partial charge on any atom is -0.335 e. The monoisotopic (exact) mass is 304 g/mol. The number of nitrogens with zero attached hydrogens (tertiary/aromatic N) is 4. The van der Waals surface area contributed by atoms with Crippen molar-refractivity contribution in [3.05, 3.63) is 31.1 Å². The number of urea groups is 1. The molecule has 0 bridgehead atoms. The molecule has 120 valence electrons. The van der Waals surface area contributed by atoms with Gasteiger partial charge in [0.15, 0.2) is 0 Å². The van der Waals surface area contributed by atoms with E-state index in [4.69, 9.17) is 0 Å². The van der Waals surface area contributed by atoms with Gasteiger partial charge in [-0.25, -0.2) is 9.78 Å². The van der Waals surface area contributed by atoms with Crippen molar-refractivity contribution in [2.45, 2.75) is 46.8 Å². The lowest BCUT2D eigenvalue weighted by molar-refractivity contribution is 0.219. The number of rotatable bonds is 5. The summed E-state index contributed by atoms with van der Waals surface area (Å²) in [6, 6.07) is -0.251. The number of carbonyl (C=O) groups is 1. The first-order valence-electron chi connectivity index (χ1n) is 7.44. The molecular weight excluding hydrogens is 280 g/mol. The average Bonchev–Trinajstić information content (AvgIpc) is 3.08. The second-order valence-electron chi connectivity index (χ2n) is 6.36. The van der Waals surface area contributed by atoms with E-state index in [9.17, 15) is 4.79 Å². The molecule has 0 fully saturated rings. The predicted octanol–water partition coefficient (Wildman–Crippen LogP) is 2.34. The second-order valence-corrected chi connectivity index (χ2v) is 6.36. The molecule has 0 aromatic carbocycles. The van der Waals surface area contributed by atoms with Gasteiger partial charge in [-0.05, 0) is 12.3 Å². The highest BCUT2D eigenvalue weighted by Gasteiger charge is 2.26. The maximum Gasteiger partial charge on any atom is 0.319 e. The topological polar surface area (TPSA) is 76.8 Å². The van der Waals surface area contributed by atoms with Crippen molar-refractivity contribution >= 4 is 11.7 Å². The minimum atomic E-state index is -0.226. The summed E-state index contributed by atoms with van der Waals surface area (Å²) in [5.41, 5.74) is 0.615. The molecule has 2 amide bonds. The fourth-order valence-corrected chi connectivity index (χ4v) is 2.07. The van der Waals surface area contributed by atoms with Gasteiger partial charge in [0.25, 0.3) is 0 Å². The third-order valence-corrected chi connectivity index (χ3v) is 3.52. The molecule has 2 aromatic heterocycles. The summed E-state index contributed by atoms with van der Waals surface area (Å²) in [5, 5.41) is 9.99. The summed E-state index contributed by atoms with van der Waals surface area (Å²) in [6.45, 7) is 9.75. The lowest BCUT2D eigenvalue weighted by Crippen LogP contribution is -2.47. The first kappa shape index (κ1) is 16.1. The first-order valence-corrected chi connectivity index (χ1v) is 7.44. The SMILES string of the molecule is CCn1cc(NC(=O)NC(Cn2ccnc2)C(C)(C)C)cn1. The third-order valence-electron chi connectivity index (χ3n) is 3.52. The van der Waals surface area contributed by atoms with Crippen molar-refractivity contribution in [1.82, 2.24) is 24.6 Å². The maximum absolute atomic E-state index is 12.2. The van der Waals surface area contributed by atoms with Crippen molar-refractivity contribution in [1.29, 1.82) is 0 Å². The van der Waals surface area contributed by atoms with Crippen molar-refractivity contribution in [3.8, 4) is 0 Å². The number of imidazole rings is 1. The Morgan fingerprint density at radius 2 is 2.18 bits per heavy atom. The number of anilines is 1.